The van der Waals surface area contributed by atoms with Crippen molar-refractivity contribution >= 4 is 34.1 Å². The molecule has 1 aliphatic heterocycles. The van der Waals surface area contributed by atoms with E-state index in [-0.39, 0.29) is 12.5 Å². The second kappa shape index (κ2) is 8.10. The molecule has 1 fully saturated rings. The van der Waals surface area contributed by atoms with E-state index in [9.17, 15) is 4.79 Å². The monoisotopic (exact) mass is 412 g/mol. The summed E-state index contributed by atoms with van der Waals surface area (Å²) < 4.78 is 7.71. The normalized spacial score (nSPS) is 18.2. The van der Waals surface area contributed by atoms with Crippen LogP contribution in [-0.4, -0.2) is 39.1 Å². The lowest BCUT2D eigenvalue weighted by atomic mass is 9.88. The topological polar surface area (TPSA) is 34.5 Å². The lowest BCUT2D eigenvalue weighted by Gasteiger charge is -2.35. The largest absolute Gasteiger partial charge is 0.459 e. The van der Waals surface area contributed by atoms with E-state index in [0.717, 1.165) is 41.6 Å². The average molecular weight is 413 g/mol. The molecule has 1 aliphatic carbocycles. The van der Waals surface area contributed by atoms with Crippen LogP contribution in [-0.2, 0) is 22.5 Å². The Morgan fingerprint density at radius 2 is 1.90 bits per heavy atom. The number of fused-ring (bicyclic) bond motifs is 3. The number of carbonyl (C=O) groups excluding carboxylic acids is 1. The third-order valence-electron chi connectivity index (χ3n) is 6.11. The van der Waals surface area contributed by atoms with Crippen molar-refractivity contribution in [2.45, 2.75) is 71.4 Å². The maximum atomic E-state index is 12.7. The number of nitrogens with zero attached hydrogens (tertiary/aromatic N) is 2. The molecule has 0 bridgehead atoms. The van der Waals surface area contributed by atoms with E-state index in [1.54, 1.807) is 0 Å². The zero-order valence-electron chi connectivity index (χ0n) is 17.9. The molecule has 0 saturated heterocycles. The van der Waals surface area contributed by atoms with Gasteiger partial charge in [0.05, 0.1) is 5.69 Å². The molecule has 2 aliphatic rings. The van der Waals surface area contributed by atoms with Crippen LogP contribution in [0.15, 0.2) is 24.3 Å². The van der Waals surface area contributed by atoms with Crippen molar-refractivity contribution in [3.63, 3.8) is 0 Å². The van der Waals surface area contributed by atoms with Gasteiger partial charge in [-0.1, -0.05) is 49.7 Å². The van der Waals surface area contributed by atoms with Crippen molar-refractivity contribution in [1.82, 2.24) is 9.47 Å². The van der Waals surface area contributed by atoms with Crippen molar-refractivity contribution in [3.8, 4) is 0 Å². The van der Waals surface area contributed by atoms with Crippen molar-refractivity contribution in [2.24, 2.45) is 5.92 Å². The molecule has 1 aromatic carbocycles. The Labute approximate surface area is 179 Å². The minimum absolute atomic E-state index is 0.199. The summed E-state index contributed by atoms with van der Waals surface area (Å²) in [6, 6.07) is 8.34. The fourth-order valence-corrected chi connectivity index (χ4v) is 5.29. The lowest BCUT2D eigenvalue weighted by molar-refractivity contribution is -0.155. The number of esters is 1. The summed E-state index contributed by atoms with van der Waals surface area (Å²) >= 11 is 5.99. The number of thiocarbonyl (C=S) groups is 1. The highest BCUT2D eigenvalue weighted by Crippen LogP contribution is 2.33. The Balaban J connectivity index is 1.66. The van der Waals surface area contributed by atoms with Crippen molar-refractivity contribution < 1.29 is 9.53 Å². The summed E-state index contributed by atoms with van der Waals surface area (Å²) in [5, 5.41) is 1.21. The van der Waals surface area contributed by atoms with Crippen molar-refractivity contribution in [1.29, 1.82) is 0 Å². The van der Waals surface area contributed by atoms with Gasteiger partial charge in [0, 0.05) is 24.0 Å². The second-order valence-corrected chi connectivity index (χ2v) is 9.91. The van der Waals surface area contributed by atoms with Crippen LogP contribution >= 0.6 is 12.2 Å². The van der Waals surface area contributed by atoms with Crippen LogP contribution in [0.2, 0.25) is 0 Å². The van der Waals surface area contributed by atoms with Gasteiger partial charge >= 0.3 is 5.97 Å². The molecule has 5 heteroatoms. The van der Waals surface area contributed by atoms with Crippen LogP contribution < -0.4 is 0 Å². The first-order chi connectivity index (χ1) is 13.8. The minimum atomic E-state index is -0.492. The molecule has 29 heavy (non-hydrogen) atoms. The Hall–Kier alpha value is -1.88. The molecule has 0 spiro atoms. The number of aromatic nitrogens is 1. The second-order valence-electron chi connectivity index (χ2n) is 9.52. The fourth-order valence-electron chi connectivity index (χ4n) is 4.89. The summed E-state index contributed by atoms with van der Waals surface area (Å²) in [4.78, 5) is 15.9. The molecule has 0 atom stereocenters. The maximum Gasteiger partial charge on any atom is 0.326 e. The molecular weight excluding hydrogens is 380 g/mol. The van der Waals surface area contributed by atoms with Crippen LogP contribution in [0.5, 0.6) is 0 Å². The molecule has 2 heterocycles. The van der Waals surface area contributed by atoms with Crippen molar-refractivity contribution in [3.05, 3.63) is 35.5 Å². The summed E-state index contributed by atoms with van der Waals surface area (Å²) in [6.45, 7) is 7.94. The zero-order valence-corrected chi connectivity index (χ0v) is 18.7. The summed E-state index contributed by atoms with van der Waals surface area (Å²) in [7, 11) is 0. The molecule has 2 aromatic rings. The Morgan fingerprint density at radius 3 is 2.62 bits per heavy atom. The van der Waals surface area contributed by atoms with E-state index in [4.69, 9.17) is 17.0 Å². The lowest BCUT2D eigenvalue weighted by Crippen LogP contribution is -2.41. The van der Waals surface area contributed by atoms with Gasteiger partial charge in [-0.3, -0.25) is 4.79 Å². The molecule has 4 nitrogen and oxygen atoms in total. The highest BCUT2D eigenvalue weighted by Gasteiger charge is 2.31. The van der Waals surface area contributed by atoms with Crippen LogP contribution in [0, 0.1) is 5.92 Å². The Bertz CT molecular complexity index is 919. The fraction of sp³-hybridized carbons (Fsp3) is 0.583. The molecule has 1 saturated carbocycles. The van der Waals surface area contributed by atoms with Gasteiger partial charge in [0.1, 0.15) is 17.1 Å². The first kappa shape index (κ1) is 20.4. The number of carbonyl (C=O) groups is 1. The third kappa shape index (κ3) is 4.35. The van der Waals surface area contributed by atoms with Crippen molar-refractivity contribution in [2.75, 3.05) is 13.1 Å². The molecule has 0 unspecified atom stereocenters. The maximum absolute atomic E-state index is 12.7. The van der Waals surface area contributed by atoms with Gasteiger partial charge < -0.3 is 14.2 Å². The van der Waals surface area contributed by atoms with Crippen LogP contribution in [0.1, 0.15) is 64.1 Å². The third-order valence-corrected chi connectivity index (χ3v) is 6.56. The Kier molecular flexibility index (Phi) is 5.69. The number of rotatable bonds is 4. The van der Waals surface area contributed by atoms with Crippen LogP contribution in [0.25, 0.3) is 10.9 Å². The zero-order chi connectivity index (χ0) is 20.6. The van der Waals surface area contributed by atoms with Gasteiger partial charge in [-0.25, -0.2) is 0 Å². The van der Waals surface area contributed by atoms with Gasteiger partial charge in [0.2, 0.25) is 0 Å². The number of ether oxygens (including phenoxy) is 1. The summed E-state index contributed by atoms with van der Waals surface area (Å²) in [6.07, 6.45) is 7.66. The number of hydrogen-bond acceptors (Lipinski definition) is 3. The number of hydrogen-bond donors (Lipinski definition) is 0. The minimum Gasteiger partial charge on any atom is -0.459 e. The standard InChI is InChI=1S/C24H32N2O2S/c1-24(2,3)28-21(27)16-26-20-12-8-7-11-18(20)19-13-14-25(23(29)22(19)26)15-17-9-5-4-6-10-17/h7-8,11-12,17H,4-6,9-10,13-16H2,1-3H3. The van der Waals surface area contributed by atoms with Gasteiger partial charge in [-0.05, 0) is 57.6 Å². The quantitative estimate of drug-likeness (QED) is 0.517. The van der Waals surface area contributed by atoms with Gasteiger partial charge in [0.15, 0.2) is 0 Å². The molecule has 4 rings (SSSR count). The first-order valence-electron chi connectivity index (χ1n) is 10.9. The highest BCUT2D eigenvalue weighted by atomic mass is 32.1. The smallest absolute Gasteiger partial charge is 0.326 e. The molecule has 0 radical (unpaired) electrons. The number of benzene rings is 1. The molecule has 1 aromatic heterocycles. The van der Waals surface area contributed by atoms with Gasteiger partial charge in [0.25, 0.3) is 0 Å². The predicted octanol–water partition coefficient (Wildman–Crippen LogP) is 5.10. The summed E-state index contributed by atoms with van der Waals surface area (Å²) in [5.41, 5.74) is 2.92. The van der Waals surface area contributed by atoms with E-state index in [0.29, 0.717) is 0 Å². The number of para-hydroxylation sites is 1. The SMILES string of the molecule is CC(C)(C)OC(=O)Cn1c2c(c3ccccc31)CCN(CC1CCCCC1)C2=S. The molecule has 0 N–H and O–H groups in total. The first-order valence-corrected chi connectivity index (χ1v) is 11.4. The molecule has 156 valence electrons. The predicted molar refractivity (Wildman–Crippen MR) is 121 cm³/mol. The Morgan fingerprint density at radius 1 is 1.17 bits per heavy atom. The van der Waals surface area contributed by atoms with E-state index in [2.05, 4.69) is 27.7 Å². The molecule has 0 amide bonds. The van der Waals surface area contributed by atoms with E-state index in [1.807, 2.05) is 26.8 Å². The average Bonchev–Trinajstić information content (AvgIpc) is 2.98. The van der Waals surface area contributed by atoms with Gasteiger partial charge in [-0.15, -0.1) is 0 Å². The van der Waals surface area contributed by atoms with E-state index < -0.39 is 5.60 Å². The van der Waals surface area contributed by atoms with Crippen LogP contribution in [0.3, 0.4) is 0 Å². The van der Waals surface area contributed by atoms with Gasteiger partial charge in [-0.2, -0.15) is 0 Å². The van der Waals surface area contributed by atoms with E-state index >= 15 is 0 Å². The highest BCUT2D eigenvalue weighted by molar-refractivity contribution is 7.80. The summed E-state index contributed by atoms with van der Waals surface area (Å²) in [5.74, 6) is 0.528. The molecular formula is C24H32N2O2S. The van der Waals surface area contributed by atoms with Crippen LogP contribution in [0.4, 0.5) is 0 Å². The van der Waals surface area contributed by atoms with E-state index in [1.165, 1.54) is 43.1 Å².